The second-order valence-electron chi connectivity index (χ2n) is 5.96. The van der Waals surface area contributed by atoms with Gasteiger partial charge in [0, 0.05) is 12.5 Å². The minimum atomic E-state index is -0.415. The number of nitrogens with one attached hydrogen (secondary N) is 2. The zero-order chi connectivity index (χ0) is 15.2. The predicted molar refractivity (Wildman–Crippen MR) is 77.6 cm³/mol. The van der Waals surface area contributed by atoms with Crippen molar-refractivity contribution < 1.29 is 19.4 Å². The number of ether oxygens (including phenoxy) is 1. The van der Waals surface area contributed by atoms with Crippen LogP contribution in [0.1, 0.15) is 45.4 Å². The summed E-state index contributed by atoms with van der Waals surface area (Å²) in [6, 6.07) is -0.145. The smallest absolute Gasteiger partial charge is 0.223 e. The van der Waals surface area contributed by atoms with Gasteiger partial charge in [-0.05, 0) is 32.6 Å². The summed E-state index contributed by atoms with van der Waals surface area (Å²) in [5, 5.41) is 15.2. The van der Waals surface area contributed by atoms with Crippen LogP contribution in [0.3, 0.4) is 0 Å². The molecule has 120 valence electrons. The number of hydrogen-bond donors (Lipinski definition) is 3. The molecule has 1 aliphatic heterocycles. The second kappa shape index (κ2) is 7.75. The van der Waals surface area contributed by atoms with Gasteiger partial charge in [-0.2, -0.15) is 0 Å². The molecule has 6 heteroatoms. The van der Waals surface area contributed by atoms with Crippen molar-refractivity contribution in [1.82, 2.24) is 10.6 Å². The van der Waals surface area contributed by atoms with Crippen LogP contribution in [0.4, 0.5) is 0 Å². The second-order valence-corrected chi connectivity index (χ2v) is 5.96. The highest BCUT2D eigenvalue weighted by atomic mass is 16.5. The number of rotatable bonds is 6. The molecular formula is C15H26N2O4. The summed E-state index contributed by atoms with van der Waals surface area (Å²) in [6.45, 7) is 2.35. The van der Waals surface area contributed by atoms with Crippen LogP contribution in [0.25, 0.3) is 0 Å². The number of aliphatic hydroxyl groups is 1. The summed E-state index contributed by atoms with van der Waals surface area (Å²) in [4.78, 5) is 23.6. The SMILES string of the molecule is CCNC(=O)C[C@@H]1CC[C@@H](NC(=O)C2CCC2)[C@@H](CO)O1. The molecule has 0 bridgehead atoms. The molecule has 1 saturated heterocycles. The molecule has 2 fully saturated rings. The van der Waals surface area contributed by atoms with E-state index < -0.39 is 6.10 Å². The molecule has 3 atom stereocenters. The summed E-state index contributed by atoms with van der Waals surface area (Å²) < 4.78 is 5.77. The molecule has 1 aliphatic carbocycles. The zero-order valence-corrected chi connectivity index (χ0v) is 12.6. The Hall–Kier alpha value is -1.14. The van der Waals surface area contributed by atoms with Gasteiger partial charge in [-0.15, -0.1) is 0 Å². The Labute approximate surface area is 125 Å². The first kappa shape index (κ1) is 16.2. The molecule has 0 spiro atoms. The minimum Gasteiger partial charge on any atom is -0.394 e. The van der Waals surface area contributed by atoms with Crippen molar-refractivity contribution in [1.29, 1.82) is 0 Å². The molecule has 2 amide bonds. The number of carbonyl (C=O) groups excluding carboxylic acids is 2. The molecule has 6 nitrogen and oxygen atoms in total. The van der Waals surface area contributed by atoms with Crippen LogP contribution < -0.4 is 10.6 Å². The van der Waals surface area contributed by atoms with Crippen molar-refractivity contribution in [2.45, 2.75) is 63.7 Å². The number of hydrogen-bond acceptors (Lipinski definition) is 4. The Morgan fingerprint density at radius 3 is 2.57 bits per heavy atom. The highest BCUT2D eigenvalue weighted by Gasteiger charge is 2.35. The van der Waals surface area contributed by atoms with E-state index >= 15 is 0 Å². The topological polar surface area (TPSA) is 87.7 Å². The van der Waals surface area contributed by atoms with Gasteiger partial charge < -0.3 is 20.5 Å². The van der Waals surface area contributed by atoms with Gasteiger partial charge >= 0.3 is 0 Å². The van der Waals surface area contributed by atoms with E-state index in [4.69, 9.17) is 4.74 Å². The van der Waals surface area contributed by atoms with E-state index in [0.717, 1.165) is 32.1 Å². The highest BCUT2D eigenvalue weighted by Crippen LogP contribution is 2.28. The monoisotopic (exact) mass is 298 g/mol. The first-order chi connectivity index (χ1) is 10.1. The van der Waals surface area contributed by atoms with E-state index in [-0.39, 0.29) is 36.5 Å². The Morgan fingerprint density at radius 1 is 1.24 bits per heavy atom. The lowest BCUT2D eigenvalue weighted by atomic mass is 9.84. The maximum absolute atomic E-state index is 12.0. The van der Waals surface area contributed by atoms with Gasteiger partial charge in [0.25, 0.3) is 0 Å². The van der Waals surface area contributed by atoms with Crippen LogP contribution in [0.2, 0.25) is 0 Å². The standard InChI is InChI=1S/C15H26N2O4/c1-2-16-14(19)8-11-6-7-12(13(9-18)21-11)17-15(20)10-4-3-5-10/h10-13,18H,2-9H2,1H3,(H,16,19)(H,17,20)/t11-,12+,13+/m0/s1. The van der Waals surface area contributed by atoms with E-state index in [1.165, 1.54) is 0 Å². The van der Waals surface area contributed by atoms with Crippen LogP contribution in [0, 0.1) is 5.92 Å². The van der Waals surface area contributed by atoms with Crippen LogP contribution >= 0.6 is 0 Å². The summed E-state index contributed by atoms with van der Waals surface area (Å²) >= 11 is 0. The van der Waals surface area contributed by atoms with Gasteiger partial charge in [-0.25, -0.2) is 0 Å². The number of carbonyl (C=O) groups is 2. The molecule has 21 heavy (non-hydrogen) atoms. The summed E-state index contributed by atoms with van der Waals surface area (Å²) in [5.41, 5.74) is 0. The molecule has 0 aromatic carbocycles. The van der Waals surface area contributed by atoms with Gasteiger partial charge in [-0.3, -0.25) is 9.59 Å². The van der Waals surface area contributed by atoms with Crippen LogP contribution in [0.5, 0.6) is 0 Å². The Balaban J connectivity index is 1.80. The van der Waals surface area contributed by atoms with Crippen molar-refractivity contribution >= 4 is 11.8 Å². The van der Waals surface area contributed by atoms with Crippen LogP contribution in [-0.2, 0) is 14.3 Å². The molecule has 0 aromatic rings. The van der Waals surface area contributed by atoms with Gasteiger partial charge in [0.05, 0.1) is 25.2 Å². The molecule has 0 unspecified atom stereocenters. The Morgan fingerprint density at radius 2 is 2.00 bits per heavy atom. The van der Waals surface area contributed by atoms with Gasteiger partial charge in [0.2, 0.25) is 11.8 Å². The number of aliphatic hydroxyl groups excluding tert-OH is 1. The normalized spacial score (nSPS) is 29.5. The molecule has 2 aliphatic rings. The zero-order valence-electron chi connectivity index (χ0n) is 12.6. The average Bonchev–Trinajstić information content (AvgIpc) is 2.38. The fraction of sp³-hybridized carbons (Fsp3) is 0.867. The van der Waals surface area contributed by atoms with Crippen LogP contribution in [-0.4, -0.2) is 48.3 Å². The highest BCUT2D eigenvalue weighted by molar-refractivity contribution is 5.79. The average molecular weight is 298 g/mol. The van der Waals surface area contributed by atoms with E-state index in [2.05, 4.69) is 10.6 Å². The van der Waals surface area contributed by atoms with E-state index in [1.54, 1.807) is 0 Å². The third kappa shape index (κ3) is 4.41. The molecule has 3 N–H and O–H groups in total. The lowest BCUT2D eigenvalue weighted by molar-refractivity contribution is -0.138. The van der Waals surface area contributed by atoms with Crippen molar-refractivity contribution in [2.24, 2.45) is 5.92 Å². The molecule has 1 saturated carbocycles. The largest absolute Gasteiger partial charge is 0.394 e. The van der Waals surface area contributed by atoms with E-state index in [1.807, 2.05) is 6.92 Å². The Bertz CT molecular complexity index is 371. The van der Waals surface area contributed by atoms with Crippen LogP contribution in [0.15, 0.2) is 0 Å². The summed E-state index contributed by atoms with van der Waals surface area (Å²) in [5.74, 6) is 0.184. The first-order valence-electron chi connectivity index (χ1n) is 7.97. The van der Waals surface area contributed by atoms with Crippen molar-refractivity contribution in [3.05, 3.63) is 0 Å². The van der Waals surface area contributed by atoms with E-state index in [9.17, 15) is 14.7 Å². The molecule has 2 rings (SSSR count). The maximum Gasteiger partial charge on any atom is 0.223 e. The molecule has 0 aromatic heterocycles. The fourth-order valence-corrected chi connectivity index (χ4v) is 2.89. The molecule has 1 heterocycles. The quantitative estimate of drug-likeness (QED) is 0.660. The van der Waals surface area contributed by atoms with Crippen molar-refractivity contribution in [2.75, 3.05) is 13.2 Å². The minimum absolute atomic E-state index is 0.0313. The number of amides is 2. The lowest BCUT2D eigenvalue weighted by Gasteiger charge is -2.37. The van der Waals surface area contributed by atoms with Crippen molar-refractivity contribution in [3.8, 4) is 0 Å². The summed E-state index contributed by atoms with van der Waals surface area (Å²) in [7, 11) is 0. The predicted octanol–water partition coefficient (Wildman–Crippen LogP) is 0.337. The van der Waals surface area contributed by atoms with Gasteiger partial charge in [0.1, 0.15) is 6.10 Å². The van der Waals surface area contributed by atoms with E-state index in [0.29, 0.717) is 13.0 Å². The maximum atomic E-state index is 12.0. The van der Waals surface area contributed by atoms with Gasteiger partial charge in [0.15, 0.2) is 0 Å². The molecule has 0 radical (unpaired) electrons. The fourth-order valence-electron chi connectivity index (χ4n) is 2.89. The molecular weight excluding hydrogens is 272 g/mol. The van der Waals surface area contributed by atoms with Gasteiger partial charge in [-0.1, -0.05) is 6.42 Å². The third-order valence-corrected chi connectivity index (χ3v) is 4.39. The third-order valence-electron chi connectivity index (χ3n) is 4.39. The summed E-state index contributed by atoms with van der Waals surface area (Å²) in [6.07, 6.45) is 4.24. The Kier molecular flexibility index (Phi) is 5.99. The first-order valence-corrected chi connectivity index (χ1v) is 7.97. The lowest BCUT2D eigenvalue weighted by Crippen LogP contribution is -2.53. The van der Waals surface area contributed by atoms with Crippen molar-refractivity contribution in [3.63, 3.8) is 0 Å².